The van der Waals surface area contributed by atoms with Crippen molar-refractivity contribution in [3.63, 3.8) is 0 Å². The number of aliphatic imine (C=N–C) groups is 1. The van der Waals surface area contributed by atoms with E-state index in [4.69, 9.17) is 16.5 Å². The van der Waals surface area contributed by atoms with Gasteiger partial charge in [0, 0.05) is 24.9 Å². The van der Waals surface area contributed by atoms with E-state index < -0.39 is 0 Å². The van der Waals surface area contributed by atoms with Gasteiger partial charge in [-0.05, 0) is 55.8 Å². The van der Waals surface area contributed by atoms with E-state index in [9.17, 15) is 4.79 Å². The molecule has 30 heavy (non-hydrogen) atoms. The molecule has 2 heterocycles. The minimum Gasteiger partial charge on any atom is -0.370 e. The van der Waals surface area contributed by atoms with Crippen molar-refractivity contribution in [2.45, 2.75) is 39.2 Å². The smallest absolute Gasteiger partial charge is 0.223 e. The minimum absolute atomic E-state index is 0.0526. The first-order chi connectivity index (χ1) is 14.4. The first-order valence-corrected chi connectivity index (χ1v) is 11.0. The maximum atomic E-state index is 11.5. The van der Waals surface area contributed by atoms with Crippen LogP contribution in [-0.2, 0) is 24.2 Å². The molecule has 1 aliphatic heterocycles. The van der Waals surface area contributed by atoms with Gasteiger partial charge in [-0.15, -0.1) is 17.9 Å². The zero-order valence-corrected chi connectivity index (χ0v) is 18.3. The number of hydrogen-bond donors (Lipinski definition) is 3. The van der Waals surface area contributed by atoms with Gasteiger partial charge >= 0.3 is 0 Å². The van der Waals surface area contributed by atoms with Crippen LogP contribution in [0.4, 0.5) is 10.8 Å². The van der Waals surface area contributed by atoms with Crippen LogP contribution in [-0.4, -0.2) is 34.8 Å². The molecule has 0 radical (unpaired) electrons. The van der Waals surface area contributed by atoms with Gasteiger partial charge in [0.05, 0.1) is 11.4 Å². The van der Waals surface area contributed by atoms with Crippen molar-refractivity contribution >= 4 is 34.0 Å². The van der Waals surface area contributed by atoms with Crippen LogP contribution >= 0.6 is 11.3 Å². The highest BCUT2D eigenvalue weighted by atomic mass is 32.1. The summed E-state index contributed by atoms with van der Waals surface area (Å²) >= 11 is 1.58. The minimum atomic E-state index is -0.0955. The van der Waals surface area contributed by atoms with Gasteiger partial charge in [0.25, 0.3) is 0 Å². The summed E-state index contributed by atoms with van der Waals surface area (Å²) < 4.78 is 0. The van der Waals surface area contributed by atoms with Crippen molar-refractivity contribution in [3.05, 3.63) is 53.1 Å². The number of nitrogens with two attached hydrogens (primary N) is 2. The van der Waals surface area contributed by atoms with Gasteiger partial charge in [-0.2, -0.15) is 0 Å². The second kappa shape index (κ2) is 10.4. The summed E-state index contributed by atoms with van der Waals surface area (Å²) in [6.07, 6.45) is 6.13. The van der Waals surface area contributed by atoms with Gasteiger partial charge in [0.1, 0.15) is 0 Å². The highest BCUT2D eigenvalue weighted by Gasteiger charge is 2.21. The van der Waals surface area contributed by atoms with Crippen LogP contribution in [0.25, 0.3) is 0 Å². The maximum Gasteiger partial charge on any atom is 0.223 e. The van der Waals surface area contributed by atoms with Crippen molar-refractivity contribution in [1.29, 1.82) is 0 Å². The van der Waals surface area contributed by atoms with Crippen molar-refractivity contribution in [1.82, 2.24) is 9.88 Å². The van der Waals surface area contributed by atoms with Crippen LogP contribution in [0.2, 0.25) is 0 Å². The third-order valence-corrected chi connectivity index (χ3v) is 6.15. The molecule has 1 saturated heterocycles. The van der Waals surface area contributed by atoms with Gasteiger partial charge < -0.3 is 16.8 Å². The van der Waals surface area contributed by atoms with Crippen molar-refractivity contribution in [3.8, 4) is 0 Å². The monoisotopic (exact) mass is 426 g/mol. The second-order valence-electron chi connectivity index (χ2n) is 7.65. The average Bonchev–Trinajstić information content (AvgIpc) is 3.07. The number of likely N-dealkylation sites (tertiary alicyclic amines) is 1. The standard InChI is InChI=1S/C22H30N6OS/c1-3-16-5-4-12-28(13-16)14-20-19(27-22(30-20)25-15(2)29)11-8-17-6-9-18(10-7-17)26-21(23)24/h3,6-7,9-10,16H,1,4-5,8,11-14H2,2H3,(H4,23,24,26)(H,25,27,29)/t16-/m1/s1. The lowest BCUT2D eigenvalue weighted by atomic mass is 9.98. The van der Waals surface area contributed by atoms with Gasteiger partial charge in [-0.3, -0.25) is 9.69 Å². The molecule has 1 atom stereocenters. The van der Waals surface area contributed by atoms with E-state index in [0.29, 0.717) is 11.0 Å². The summed E-state index contributed by atoms with van der Waals surface area (Å²) in [5.41, 5.74) is 13.8. The number of amides is 1. The van der Waals surface area contributed by atoms with E-state index in [1.807, 2.05) is 24.3 Å². The van der Waals surface area contributed by atoms with Crippen LogP contribution < -0.4 is 16.8 Å². The van der Waals surface area contributed by atoms with Gasteiger partial charge in [0.2, 0.25) is 5.91 Å². The number of nitrogens with zero attached hydrogens (tertiary/aromatic N) is 3. The number of aromatic nitrogens is 1. The summed E-state index contributed by atoms with van der Waals surface area (Å²) in [5.74, 6) is 0.507. The maximum absolute atomic E-state index is 11.5. The van der Waals surface area contributed by atoms with E-state index in [0.717, 1.165) is 43.9 Å². The Labute approximate surface area is 181 Å². The van der Waals surface area contributed by atoms with Crippen LogP contribution in [0, 0.1) is 5.92 Å². The average molecular weight is 427 g/mol. The Kier molecular flexibility index (Phi) is 7.59. The number of anilines is 1. The number of carbonyl (C=O) groups is 1. The zero-order chi connectivity index (χ0) is 21.5. The van der Waals surface area contributed by atoms with Crippen LogP contribution in [0.5, 0.6) is 0 Å². The number of hydrogen-bond acceptors (Lipinski definition) is 5. The van der Waals surface area contributed by atoms with Gasteiger partial charge in [-0.25, -0.2) is 9.98 Å². The Morgan fingerprint density at radius 3 is 2.80 bits per heavy atom. The summed E-state index contributed by atoms with van der Waals surface area (Å²) in [6, 6.07) is 7.87. The highest BCUT2D eigenvalue weighted by Crippen LogP contribution is 2.28. The first kappa shape index (κ1) is 22.0. The summed E-state index contributed by atoms with van der Waals surface area (Å²) in [4.78, 5) is 24.0. The number of piperidine rings is 1. The number of rotatable bonds is 8. The third kappa shape index (κ3) is 6.40. The Morgan fingerprint density at radius 1 is 1.37 bits per heavy atom. The molecule has 1 fully saturated rings. The molecule has 1 amide bonds. The Hall–Kier alpha value is -2.71. The molecule has 0 bridgehead atoms. The normalized spacial score (nSPS) is 16.8. The first-order valence-electron chi connectivity index (χ1n) is 10.2. The fourth-order valence-corrected chi connectivity index (χ4v) is 4.78. The van der Waals surface area contributed by atoms with Crippen LogP contribution in [0.3, 0.4) is 0 Å². The molecule has 0 saturated carbocycles. The van der Waals surface area contributed by atoms with Gasteiger partial charge in [-0.1, -0.05) is 18.2 Å². The Balaban J connectivity index is 1.70. The summed E-state index contributed by atoms with van der Waals surface area (Å²) in [7, 11) is 0. The molecule has 3 rings (SSSR count). The molecule has 0 unspecified atom stereocenters. The lowest BCUT2D eigenvalue weighted by Crippen LogP contribution is -2.34. The van der Waals surface area contributed by atoms with Crippen LogP contribution in [0.15, 0.2) is 41.9 Å². The molecule has 5 N–H and O–H groups in total. The summed E-state index contributed by atoms with van der Waals surface area (Å²) in [6.45, 7) is 8.45. The number of nitrogens with one attached hydrogen (secondary N) is 1. The number of carbonyl (C=O) groups excluding carboxylic acids is 1. The molecule has 0 spiro atoms. The fraction of sp³-hybridized carbons (Fsp3) is 0.409. The van der Waals surface area contributed by atoms with Gasteiger partial charge in [0.15, 0.2) is 11.1 Å². The topological polar surface area (TPSA) is 110 Å². The van der Waals surface area contributed by atoms with E-state index in [1.165, 1.54) is 30.2 Å². The molecule has 7 nitrogen and oxygen atoms in total. The Bertz CT molecular complexity index is 901. The van der Waals surface area contributed by atoms with Crippen LogP contribution in [0.1, 0.15) is 35.9 Å². The Morgan fingerprint density at radius 2 is 2.13 bits per heavy atom. The second-order valence-corrected chi connectivity index (χ2v) is 8.73. The predicted octanol–water partition coefficient (Wildman–Crippen LogP) is 3.19. The highest BCUT2D eigenvalue weighted by molar-refractivity contribution is 7.15. The predicted molar refractivity (Wildman–Crippen MR) is 124 cm³/mol. The number of thiazole rings is 1. The van der Waals surface area contributed by atoms with E-state index in [1.54, 1.807) is 11.3 Å². The number of guanidine groups is 1. The molecule has 1 aliphatic rings. The molecule has 1 aromatic heterocycles. The van der Waals surface area contributed by atoms with Crippen molar-refractivity contribution in [2.24, 2.45) is 22.4 Å². The molecular weight excluding hydrogens is 396 g/mol. The molecule has 160 valence electrons. The molecule has 1 aromatic carbocycles. The fourth-order valence-electron chi connectivity index (χ4n) is 3.69. The third-order valence-electron chi connectivity index (χ3n) is 5.15. The zero-order valence-electron chi connectivity index (χ0n) is 17.4. The van der Waals surface area contributed by atoms with E-state index >= 15 is 0 Å². The largest absolute Gasteiger partial charge is 0.370 e. The van der Waals surface area contributed by atoms with E-state index in [-0.39, 0.29) is 11.9 Å². The number of benzene rings is 1. The van der Waals surface area contributed by atoms with Crippen molar-refractivity contribution < 1.29 is 4.79 Å². The molecule has 8 heteroatoms. The lowest BCUT2D eigenvalue weighted by Gasteiger charge is -2.30. The summed E-state index contributed by atoms with van der Waals surface area (Å²) in [5, 5.41) is 3.52. The quantitative estimate of drug-likeness (QED) is 0.341. The number of aryl methyl sites for hydroxylation is 2. The molecular formula is C22H30N6OS. The SMILES string of the molecule is C=C[C@@H]1CCCN(Cc2sc(NC(C)=O)nc2CCc2ccc(N=C(N)N)cc2)C1. The molecule has 0 aliphatic carbocycles. The molecule has 2 aromatic rings. The van der Waals surface area contributed by atoms with Crippen molar-refractivity contribution in [2.75, 3.05) is 18.4 Å². The van der Waals surface area contributed by atoms with E-state index in [2.05, 4.69) is 27.9 Å². The lowest BCUT2D eigenvalue weighted by molar-refractivity contribution is -0.114.